The summed E-state index contributed by atoms with van der Waals surface area (Å²) in [7, 11) is 0. The van der Waals surface area contributed by atoms with Crippen LogP contribution in [0.15, 0.2) is 29.1 Å². The van der Waals surface area contributed by atoms with Crippen LogP contribution in [0.3, 0.4) is 0 Å². The molecule has 1 aromatic heterocycles. The molecule has 1 amide bonds. The maximum absolute atomic E-state index is 13.9. The summed E-state index contributed by atoms with van der Waals surface area (Å²) in [4.78, 5) is 40.7. The SMILES string of the molecule is CCOC(=O)C(CC(C)(C)C)n1c(-c2ccc(C)cc2)c(C)c(C(=O)NC2CCC(C)CC2)c(N)c1=O. The van der Waals surface area contributed by atoms with Crippen molar-refractivity contribution < 1.29 is 14.3 Å². The van der Waals surface area contributed by atoms with Crippen LogP contribution in [0.1, 0.15) is 94.2 Å². The van der Waals surface area contributed by atoms with Crippen molar-refractivity contribution in [2.24, 2.45) is 11.3 Å². The second-order valence-electron chi connectivity index (χ2n) is 11.8. The third-order valence-electron chi connectivity index (χ3n) is 7.27. The van der Waals surface area contributed by atoms with E-state index in [0.717, 1.165) is 36.8 Å². The van der Waals surface area contributed by atoms with Gasteiger partial charge in [-0.3, -0.25) is 14.2 Å². The number of carbonyl (C=O) groups is 2. The van der Waals surface area contributed by atoms with Gasteiger partial charge in [-0.25, -0.2) is 4.79 Å². The molecule has 0 aliphatic heterocycles. The van der Waals surface area contributed by atoms with Crippen molar-refractivity contribution in [1.82, 2.24) is 9.88 Å². The van der Waals surface area contributed by atoms with Gasteiger partial charge in [-0.05, 0) is 75.3 Å². The minimum atomic E-state index is -0.887. The highest BCUT2D eigenvalue weighted by Crippen LogP contribution is 2.35. The number of rotatable bonds is 7. The number of ether oxygens (including phenoxy) is 1. The molecule has 1 saturated carbocycles. The molecule has 0 bridgehead atoms. The molecule has 1 atom stereocenters. The van der Waals surface area contributed by atoms with Crippen molar-refractivity contribution in [2.75, 3.05) is 12.3 Å². The molecule has 0 spiro atoms. The Balaban J connectivity index is 2.23. The van der Waals surface area contributed by atoms with Gasteiger partial charge in [0, 0.05) is 6.04 Å². The number of pyridine rings is 1. The molecule has 202 valence electrons. The van der Waals surface area contributed by atoms with Gasteiger partial charge in [-0.2, -0.15) is 0 Å². The number of hydrogen-bond donors (Lipinski definition) is 2. The number of nitrogens with zero attached hydrogens (tertiary/aromatic N) is 1. The standard InChI is InChI=1S/C30H43N3O4/c1-8-37-29(36)23(17-30(5,6)7)33-26(21-13-9-18(2)10-14-21)20(4)24(25(31)28(33)35)27(34)32-22-15-11-19(3)12-16-22/h9-10,13-14,19,22-23H,8,11-12,15-17,31H2,1-7H3,(H,32,34). The Morgan fingerprint density at radius 2 is 1.70 bits per heavy atom. The summed E-state index contributed by atoms with van der Waals surface area (Å²) in [6, 6.07) is 6.89. The molecule has 0 radical (unpaired) electrons. The smallest absolute Gasteiger partial charge is 0.329 e. The number of aromatic nitrogens is 1. The van der Waals surface area contributed by atoms with Crippen molar-refractivity contribution in [3.8, 4) is 11.3 Å². The second kappa shape index (κ2) is 11.5. The fourth-order valence-electron chi connectivity index (χ4n) is 5.26. The summed E-state index contributed by atoms with van der Waals surface area (Å²) >= 11 is 0. The highest BCUT2D eigenvalue weighted by atomic mass is 16.5. The van der Waals surface area contributed by atoms with Crippen molar-refractivity contribution in [3.63, 3.8) is 0 Å². The zero-order chi connectivity index (χ0) is 27.5. The predicted molar refractivity (Wildman–Crippen MR) is 149 cm³/mol. The van der Waals surface area contributed by atoms with E-state index in [4.69, 9.17) is 10.5 Å². The molecular weight excluding hydrogens is 466 g/mol. The monoisotopic (exact) mass is 509 g/mol. The normalized spacial score (nSPS) is 18.8. The van der Waals surface area contributed by atoms with Crippen LogP contribution in [0.5, 0.6) is 0 Å². The first-order valence-electron chi connectivity index (χ1n) is 13.4. The minimum Gasteiger partial charge on any atom is -0.464 e. The number of esters is 1. The first kappa shape index (κ1) is 28.5. The molecule has 1 heterocycles. The summed E-state index contributed by atoms with van der Waals surface area (Å²) in [6.07, 6.45) is 4.30. The third-order valence-corrected chi connectivity index (χ3v) is 7.27. The molecule has 3 N–H and O–H groups in total. The zero-order valence-electron chi connectivity index (χ0n) is 23.4. The van der Waals surface area contributed by atoms with Gasteiger partial charge < -0.3 is 15.8 Å². The Morgan fingerprint density at radius 3 is 2.24 bits per heavy atom. The number of anilines is 1. The van der Waals surface area contributed by atoms with E-state index in [-0.39, 0.29) is 35.2 Å². The summed E-state index contributed by atoms with van der Waals surface area (Å²) in [5.41, 5.74) is 8.53. The summed E-state index contributed by atoms with van der Waals surface area (Å²) in [5, 5.41) is 3.12. The summed E-state index contributed by atoms with van der Waals surface area (Å²) in [5.74, 6) is -0.171. The fraction of sp³-hybridized carbons (Fsp3) is 0.567. The molecule has 3 rings (SSSR count). The number of hydrogen-bond acceptors (Lipinski definition) is 5. The van der Waals surface area contributed by atoms with Gasteiger partial charge in [0.15, 0.2) is 0 Å². The first-order valence-corrected chi connectivity index (χ1v) is 13.4. The van der Waals surface area contributed by atoms with Crippen LogP contribution in [-0.2, 0) is 9.53 Å². The number of nitrogens with two attached hydrogens (primary N) is 1. The number of carbonyl (C=O) groups excluding carboxylic acids is 2. The van der Waals surface area contributed by atoms with E-state index in [1.807, 2.05) is 52.0 Å². The molecule has 1 aliphatic carbocycles. The largest absolute Gasteiger partial charge is 0.464 e. The second-order valence-corrected chi connectivity index (χ2v) is 11.8. The van der Waals surface area contributed by atoms with E-state index in [2.05, 4.69) is 12.2 Å². The van der Waals surface area contributed by atoms with Crippen LogP contribution in [0, 0.1) is 25.2 Å². The lowest BCUT2D eigenvalue weighted by Crippen LogP contribution is -2.41. The molecule has 1 aromatic carbocycles. The van der Waals surface area contributed by atoms with Crippen molar-refractivity contribution in [3.05, 3.63) is 51.3 Å². The van der Waals surface area contributed by atoms with Crippen LogP contribution < -0.4 is 16.6 Å². The van der Waals surface area contributed by atoms with E-state index >= 15 is 0 Å². The van der Waals surface area contributed by atoms with Crippen LogP contribution in [0.2, 0.25) is 0 Å². The van der Waals surface area contributed by atoms with Gasteiger partial charge in [-0.1, -0.05) is 57.5 Å². The van der Waals surface area contributed by atoms with Crippen molar-refractivity contribution in [1.29, 1.82) is 0 Å². The number of amides is 1. The summed E-state index contributed by atoms with van der Waals surface area (Å²) < 4.78 is 6.87. The number of nitrogens with one attached hydrogen (secondary N) is 1. The van der Waals surface area contributed by atoms with Crippen LogP contribution in [0.25, 0.3) is 11.3 Å². The minimum absolute atomic E-state index is 0.0564. The molecule has 1 fully saturated rings. The van der Waals surface area contributed by atoms with Crippen molar-refractivity contribution >= 4 is 17.6 Å². The zero-order valence-corrected chi connectivity index (χ0v) is 23.4. The topological polar surface area (TPSA) is 103 Å². The van der Waals surface area contributed by atoms with Gasteiger partial charge in [0.25, 0.3) is 11.5 Å². The van der Waals surface area contributed by atoms with Crippen molar-refractivity contribution in [2.45, 2.75) is 92.7 Å². The number of nitrogen functional groups attached to an aromatic ring is 1. The van der Waals surface area contributed by atoms with Crippen LogP contribution >= 0.6 is 0 Å². The average molecular weight is 510 g/mol. The highest BCUT2D eigenvalue weighted by Gasteiger charge is 2.34. The molecule has 7 nitrogen and oxygen atoms in total. The Kier molecular flexibility index (Phi) is 8.88. The molecule has 1 unspecified atom stereocenters. The maximum atomic E-state index is 13.9. The molecule has 1 aliphatic rings. The van der Waals surface area contributed by atoms with E-state index in [0.29, 0.717) is 23.6 Å². The van der Waals surface area contributed by atoms with Crippen LogP contribution in [0.4, 0.5) is 5.69 Å². The Morgan fingerprint density at radius 1 is 1.11 bits per heavy atom. The highest BCUT2D eigenvalue weighted by molar-refractivity contribution is 6.02. The maximum Gasteiger partial charge on any atom is 0.329 e. The van der Waals surface area contributed by atoms with E-state index in [1.165, 1.54) is 4.57 Å². The van der Waals surface area contributed by atoms with Gasteiger partial charge in [0.2, 0.25) is 0 Å². The molecular formula is C30H43N3O4. The van der Waals surface area contributed by atoms with Gasteiger partial charge in [-0.15, -0.1) is 0 Å². The third kappa shape index (κ3) is 6.62. The average Bonchev–Trinajstić information content (AvgIpc) is 2.82. The molecule has 37 heavy (non-hydrogen) atoms. The number of benzene rings is 1. The number of aryl methyl sites for hydroxylation is 1. The molecule has 2 aromatic rings. The van der Waals surface area contributed by atoms with Crippen LogP contribution in [-0.4, -0.2) is 29.1 Å². The lowest BCUT2D eigenvalue weighted by molar-refractivity contribution is -0.148. The van der Waals surface area contributed by atoms with Gasteiger partial charge in [0.05, 0.1) is 17.9 Å². The molecule has 0 saturated heterocycles. The molecule has 7 heteroatoms. The van der Waals surface area contributed by atoms with E-state index < -0.39 is 17.6 Å². The lowest BCUT2D eigenvalue weighted by atomic mass is 9.86. The Labute approximate surface area is 220 Å². The lowest BCUT2D eigenvalue weighted by Gasteiger charge is -2.30. The fourth-order valence-corrected chi connectivity index (χ4v) is 5.26. The predicted octanol–water partition coefficient (Wildman–Crippen LogP) is 5.56. The van der Waals surface area contributed by atoms with E-state index in [9.17, 15) is 14.4 Å². The first-order chi connectivity index (χ1) is 17.3. The van der Waals surface area contributed by atoms with E-state index in [1.54, 1.807) is 13.8 Å². The van der Waals surface area contributed by atoms with Gasteiger partial charge in [0.1, 0.15) is 11.7 Å². The summed E-state index contributed by atoms with van der Waals surface area (Å²) in [6.45, 7) is 14.0. The Bertz CT molecular complexity index is 1180. The Hall–Kier alpha value is -3.09. The van der Waals surface area contributed by atoms with Gasteiger partial charge >= 0.3 is 5.97 Å². The quantitative estimate of drug-likeness (QED) is 0.476.